The summed E-state index contributed by atoms with van der Waals surface area (Å²) in [6.07, 6.45) is 0. The highest BCUT2D eigenvalue weighted by Gasteiger charge is 2.20. The molecule has 9 heteroatoms. The zero-order valence-electron chi connectivity index (χ0n) is 13.1. The molecule has 128 valence electrons. The van der Waals surface area contributed by atoms with Gasteiger partial charge in [-0.25, -0.2) is 17.9 Å². The average molecular weight is 407 g/mol. The summed E-state index contributed by atoms with van der Waals surface area (Å²) in [4.78, 5) is 23.0. The Morgan fingerprint density at radius 1 is 1.30 bits per heavy atom. The highest BCUT2D eigenvalue weighted by Crippen LogP contribution is 2.22. The molecule has 1 aromatic rings. The standard InChI is InChI=1S/C14H19BrN2O5S/c1-9(2)7-17-23(20,21)10-4-5-12(15)11(6-10)14(19)22-8-13(18)16-3/h4-6,9,17H,7-8H2,1-3H3,(H,16,18). The number of halogens is 1. The number of sulfonamides is 1. The van der Waals surface area contributed by atoms with Gasteiger partial charge in [-0.05, 0) is 40.0 Å². The zero-order valence-corrected chi connectivity index (χ0v) is 15.5. The average Bonchev–Trinajstić information content (AvgIpc) is 2.50. The van der Waals surface area contributed by atoms with Crippen molar-refractivity contribution in [1.82, 2.24) is 10.0 Å². The van der Waals surface area contributed by atoms with E-state index in [4.69, 9.17) is 4.74 Å². The lowest BCUT2D eigenvalue weighted by Crippen LogP contribution is -2.28. The molecular formula is C14H19BrN2O5S. The van der Waals surface area contributed by atoms with Crippen molar-refractivity contribution >= 4 is 37.8 Å². The van der Waals surface area contributed by atoms with Crippen LogP contribution in [0.2, 0.25) is 0 Å². The fourth-order valence-electron chi connectivity index (χ4n) is 1.47. The Balaban J connectivity index is 2.99. The van der Waals surface area contributed by atoms with Crippen LogP contribution in [0, 0.1) is 5.92 Å². The summed E-state index contributed by atoms with van der Waals surface area (Å²) in [5.74, 6) is -1.10. The van der Waals surface area contributed by atoms with Crippen LogP contribution in [0.5, 0.6) is 0 Å². The van der Waals surface area contributed by atoms with E-state index in [1.54, 1.807) is 0 Å². The van der Waals surface area contributed by atoms with E-state index in [0.717, 1.165) is 0 Å². The number of benzene rings is 1. The third kappa shape index (κ3) is 5.92. The second kappa shape index (κ2) is 8.42. The second-order valence-corrected chi connectivity index (χ2v) is 7.76. The molecule has 23 heavy (non-hydrogen) atoms. The third-order valence-electron chi connectivity index (χ3n) is 2.76. The maximum absolute atomic E-state index is 12.2. The van der Waals surface area contributed by atoms with E-state index in [1.807, 2.05) is 13.8 Å². The summed E-state index contributed by atoms with van der Waals surface area (Å²) < 4.78 is 32.1. The SMILES string of the molecule is CNC(=O)COC(=O)c1cc(S(=O)(=O)NCC(C)C)ccc1Br. The summed E-state index contributed by atoms with van der Waals surface area (Å²) in [6, 6.07) is 4.03. The molecule has 0 fully saturated rings. The van der Waals surface area contributed by atoms with Gasteiger partial charge < -0.3 is 10.1 Å². The number of ether oxygens (including phenoxy) is 1. The minimum absolute atomic E-state index is 0.0290. The Labute approximate surface area is 144 Å². The van der Waals surface area contributed by atoms with Crippen LogP contribution >= 0.6 is 15.9 Å². The lowest BCUT2D eigenvalue weighted by atomic mass is 10.2. The highest BCUT2D eigenvalue weighted by molar-refractivity contribution is 9.10. The van der Waals surface area contributed by atoms with Crippen molar-refractivity contribution in [3.8, 4) is 0 Å². The van der Waals surface area contributed by atoms with Gasteiger partial charge >= 0.3 is 5.97 Å². The summed E-state index contributed by atoms with van der Waals surface area (Å²) in [6.45, 7) is 3.61. The van der Waals surface area contributed by atoms with Crippen LogP contribution in [0.4, 0.5) is 0 Å². The summed E-state index contributed by atoms with van der Waals surface area (Å²) in [5, 5.41) is 2.32. The molecular weight excluding hydrogens is 388 g/mol. The van der Waals surface area contributed by atoms with Gasteiger partial charge in [-0.1, -0.05) is 13.8 Å². The molecule has 0 aromatic heterocycles. The monoisotopic (exact) mass is 406 g/mol. The minimum atomic E-state index is -3.72. The summed E-state index contributed by atoms with van der Waals surface area (Å²) in [7, 11) is -2.31. The first-order valence-corrected chi connectivity index (χ1v) is 9.12. The number of hydrogen-bond acceptors (Lipinski definition) is 5. The first kappa shape index (κ1) is 19.6. The van der Waals surface area contributed by atoms with Gasteiger partial charge in [0.2, 0.25) is 10.0 Å². The number of likely N-dealkylation sites (N-methyl/N-ethyl adjacent to an activating group) is 1. The Morgan fingerprint density at radius 3 is 2.52 bits per heavy atom. The van der Waals surface area contributed by atoms with Gasteiger partial charge in [-0.15, -0.1) is 0 Å². The number of carbonyl (C=O) groups excluding carboxylic acids is 2. The zero-order chi connectivity index (χ0) is 17.6. The predicted molar refractivity (Wildman–Crippen MR) is 88.5 cm³/mol. The van der Waals surface area contributed by atoms with Crippen LogP contribution in [-0.4, -0.2) is 40.5 Å². The minimum Gasteiger partial charge on any atom is -0.452 e. The van der Waals surface area contributed by atoms with Crippen molar-refractivity contribution < 1.29 is 22.7 Å². The third-order valence-corrected chi connectivity index (χ3v) is 4.88. The molecule has 2 N–H and O–H groups in total. The van der Waals surface area contributed by atoms with Crippen LogP contribution in [0.15, 0.2) is 27.6 Å². The molecule has 0 aliphatic carbocycles. The Kier molecular flexibility index (Phi) is 7.17. The summed E-state index contributed by atoms with van der Waals surface area (Å²) >= 11 is 3.17. The maximum Gasteiger partial charge on any atom is 0.339 e. The van der Waals surface area contributed by atoms with E-state index >= 15 is 0 Å². The first-order chi connectivity index (χ1) is 10.7. The van der Waals surface area contributed by atoms with Crippen molar-refractivity contribution in [3.63, 3.8) is 0 Å². The molecule has 0 saturated carbocycles. The molecule has 1 rings (SSSR count). The molecule has 0 unspecified atom stereocenters. The quantitative estimate of drug-likeness (QED) is 0.664. The molecule has 7 nitrogen and oxygen atoms in total. The number of esters is 1. The van der Waals surface area contributed by atoms with Crippen molar-refractivity contribution in [2.24, 2.45) is 5.92 Å². The van der Waals surface area contributed by atoms with Gasteiger partial charge in [0.25, 0.3) is 5.91 Å². The first-order valence-electron chi connectivity index (χ1n) is 6.84. The Hall–Kier alpha value is -1.45. The van der Waals surface area contributed by atoms with Gasteiger partial charge in [-0.2, -0.15) is 0 Å². The van der Waals surface area contributed by atoms with Gasteiger partial charge in [0.05, 0.1) is 10.5 Å². The number of amides is 1. The molecule has 0 aliphatic rings. The van der Waals surface area contributed by atoms with Gasteiger partial charge in [0.15, 0.2) is 6.61 Å². The van der Waals surface area contributed by atoms with Gasteiger partial charge in [0.1, 0.15) is 0 Å². The molecule has 0 radical (unpaired) electrons. The van der Waals surface area contributed by atoms with Crippen molar-refractivity contribution in [2.45, 2.75) is 18.7 Å². The largest absolute Gasteiger partial charge is 0.452 e. The van der Waals surface area contributed by atoms with Gasteiger partial charge in [0, 0.05) is 18.1 Å². The predicted octanol–water partition coefficient (Wildman–Crippen LogP) is 1.29. The maximum atomic E-state index is 12.2. The van der Waals surface area contributed by atoms with Crippen LogP contribution < -0.4 is 10.0 Å². The number of rotatable bonds is 7. The van der Waals surface area contributed by atoms with E-state index in [2.05, 4.69) is 26.0 Å². The van der Waals surface area contributed by atoms with Crippen molar-refractivity contribution in [3.05, 3.63) is 28.2 Å². The normalized spacial score (nSPS) is 11.3. The lowest BCUT2D eigenvalue weighted by Gasteiger charge is -2.11. The molecule has 1 aromatic carbocycles. The molecule has 0 atom stereocenters. The molecule has 1 amide bonds. The van der Waals surface area contributed by atoms with E-state index < -0.39 is 28.5 Å². The second-order valence-electron chi connectivity index (χ2n) is 5.14. The van der Waals surface area contributed by atoms with E-state index in [0.29, 0.717) is 4.47 Å². The molecule has 0 spiro atoms. The van der Waals surface area contributed by atoms with E-state index in [-0.39, 0.29) is 22.9 Å². The topological polar surface area (TPSA) is 102 Å². The Morgan fingerprint density at radius 2 is 1.96 bits per heavy atom. The Bertz CT molecular complexity index is 688. The van der Waals surface area contributed by atoms with Crippen LogP contribution in [0.25, 0.3) is 0 Å². The van der Waals surface area contributed by atoms with E-state index in [1.165, 1.54) is 25.2 Å². The molecule has 0 aliphatic heterocycles. The molecule has 0 saturated heterocycles. The summed E-state index contributed by atoms with van der Waals surface area (Å²) in [5.41, 5.74) is 0.0290. The molecule has 0 bridgehead atoms. The van der Waals surface area contributed by atoms with Crippen LogP contribution in [-0.2, 0) is 19.6 Å². The fourth-order valence-corrected chi connectivity index (χ4v) is 3.12. The number of hydrogen-bond donors (Lipinski definition) is 2. The molecule has 0 heterocycles. The number of carbonyl (C=O) groups is 2. The van der Waals surface area contributed by atoms with Crippen molar-refractivity contribution in [1.29, 1.82) is 0 Å². The lowest BCUT2D eigenvalue weighted by molar-refractivity contribution is -0.123. The van der Waals surface area contributed by atoms with E-state index in [9.17, 15) is 18.0 Å². The van der Waals surface area contributed by atoms with Crippen molar-refractivity contribution in [2.75, 3.05) is 20.2 Å². The van der Waals surface area contributed by atoms with Crippen LogP contribution in [0.1, 0.15) is 24.2 Å². The highest BCUT2D eigenvalue weighted by atomic mass is 79.9. The smallest absolute Gasteiger partial charge is 0.339 e. The van der Waals surface area contributed by atoms with Crippen LogP contribution in [0.3, 0.4) is 0 Å². The fraction of sp³-hybridized carbons (Fsp3) is 0.429. The van der Waals surface area contributed by atoms with Gasteiger partial charge in [-0.3, -0.25) is 4.79 Å². The number of nitrogens with one attached hydrogen (secondary N) is 2.